The fraction of sp³-hybridized carbons (Fsp3) is 0.800. The summed E-state index contributed by atoms with van der Waals surface area (Å²) in [7, 11) is 0. The second-order valence-electron chi connectivity index (χ2n) is 3.99. The molecule has 0 radical (unpaired) electrons. The third kappa shape index (κ3) is 3.49. The van der Waals surface area contributed by atoms with Crippen LogP contribution in [0, 0.1) is 10.1 Å². The third-order valence-electron chi connectivity index (χ3n) is 2.55. The largest absolute Gasteiger partial charge is 0.448 e. The molecule has 0 aromatic carbocycles. The zero-order chi connectivity index (χ0) is 14.6. The number of ether oxygens (including phenoxy) is 2. The van der Waals surface area contributed by atoms with Crippen LogP contribution in [0.2, 0.25) is 0 Å². The van der Waals surface area contributed by atoms with Gasteiger partial charge in [-0.3, -0.25) is 9.59 Å². The normalized spacial score (nSPS) is 21.6. The molecule has 0 aliphatic carbocycles. The van der Waals surface area contributed by atoms with Crippen LogP contribution in [0.1, 0.15) is 33.6 Å². The smallest absolute Gasteiger partial charge is 0.391 e. The van der Waals surface area contributed by atoms with Crippen molar-refractivity contribution in [2.45, 2.75) is 44.9 Å². The van der Waals surface area contributed by atoms with Crippen LogP contribution < -0.4 is 0 Å². The monoisotopic (exact) mass is 292 g/mol. The molecule has 0 bridgehead atoms. The summed E-state index contributed by atoms with van der Waals surface area (Å²) in [6.45, 7) is 4.00. The number of esters is 2. The van der Waals surface area contributed by atoms with Gasteiger partial charge in [-0.05, 0) is 29.6 Å². The molecule has 0 aromatic rings. The molecular weight excluding hydrogens is 276 g/mol. The second kappa shape index (κ2) is 6.09. The predicted octanol–water partition coefficient (Wildman–Crippen LogP) is 1.13. The lowest BCUT2D eigenvalue weighted by Crippen LogP contribution is -2.61. The zero-order valence-electron chi connectivity index (χ0n) is 11.0. The van der Waals surface area contributed by atoms with Gasteiger partial charge in [-0.15, -0.1) is 0 Å². The van der Waals surface area contributed by atoms with Gasteiger partial charge in [-0.2, -0.15) is 0 Å². The molecule has 8 nitrogen and oxygen atoms in total. The Kier molecular flexibility index (Phi) is 4.98. The van der Waals surface area contributed by atoms with Crippen LogP contribution in [0.4, 0.5) is 0 Å². The van der Waals surface area contributed by atoms with Crippen molar-refractivity contribution in [3.05, 3.63) is 10.1 Å². The Bertz CT molecular complexity index is 372. The lowest BCUT2D eigenvalue weighted by molar-refractivity contribution is -0.702. The van der Waals surface area contributed by atoms with E-state index in [0.29, 0.717) is 23.6 Å². The number of hydrogen-bond acceptors (Lipinski definition) is 7. The van der Waals surface area contributed by atoms with E-state index >= 15 is 0 Å². The van der Waals surface area contributed by atoms with Crippen molar-refractivity contribution < 1.29 is 24.1 Å². The van der Waals surface area contributed by atoms with E-state index in [1.807, 2.05) is 0 Å². The minimum absolute atomic E-state index is 0.463. The molecule has 0 amide bonds. The van der Waals surface area contributed by atoms with Gasteiger partial charge < -0.3 is 9.47 Å². The van der Waals surface area contributed by atoms with E-state index in [1.54, 1.807) is 6.92 Å². The Morgan fingerprint density at radius 1 is 1.42 bits per heavy atom. The summed E-state index contributed by atoms with van der Waals surface area (Å²) in [5.41, 5.74) is 0. The fourth-order valence-electron chi connectivity index (χ4n) is 1.88. The molecule has 1 rings (SSSR count). The number of hydrazine groups is 1. The number of nitro groups is 1. The first kappa shape index (κ1) is 15.5. The van der Waals surface area contributed by atoms with Crippen LogP contribution in [0.5, 0.6) is 0 Å². The highest BCUT2D eigenvalue weighted by Gasteiger charge is 2.57. The maximum Gasteiger partial charge on any atom is 0.448 e. The predicted molar refractivity (Wildman–Crippen MR) is 66.3 cm³/mol. The molecule has 0 N–H and O–H groups in total. The highest BCUT2D eigenvalue weighted by molar-refractivity contribution is 8.00. The first-order chi connectivity index (χ1) is 8.82. The van der Waals surface area contributed by atoms with Crippen molar-refractivity contribution in [1.82, 2.24) is 5.01 Å². The van der Waals surface area contributed by atoms with Gasteiger partial charge in [-0.1, -0.05) is 6.92 Å². The van der Waals surface area contributed by atoms with Crippen LogP contribution in [0.3, 0.4) is 0 Å². The Morgan fingerprint density at radius 3 is 2.32 bits per heavy atom. The van der Waals surface area contributed by atoms with Gasteiger partial charge in [0.1, 0.15) is 6.04 Å². The third-order valence-corrected chi connectivity index (χ3v) is 3.71. The molecular formula is C10H16N2O6S. The van der Waals surface area contributed by atoms with E-state index in [-0.39, 0.29) is 0 Å². The molecule has 1 atom stereocenters. The SMILES string of the molecule is CCC1CCSC(OC(C)=O)(OC(C)=O)N1[N+](=O)[O-]. The molecule has 9 heteroatoms. The van der Waals surface area contributed by atoms with Gasteiger partial charge in [0.15, 0.2) is 5.03 Å². The molecule has 108 valence electrons. The van der Waals surface area contributed by atoms with Gasteiger partial charge in [0.2, 0.25) is 0 Å². The highest BCUT2D eigenvalue weighted by Crippen LogP contribution is 2.40. The van der Waals surface area contributed by atoms with Crippen molar-refractivity contribution >= 4 is 23.7 Å². The number of carbonyl (C=O) groups excluding carboxylic acids is 2. The van der Waals surface area contributed by atoms with Gasteiger partial charge in [0.05, 0.1) is 0 Å². The van der Waals surface area contributed by atoms with Gasteiger partial charge in [-0.25, -0.2) is 10.1 Å². The first-order valence-electron chi connectivity index (χ1n) is 5.79. The van der Waals surface area contributed by atoms with E-state index < -0.39 is 28.3 Å². The number of hydrogen-bond donors (Lipinski definition) is 0. The minimum Gasteiger partial charge on any atom is -0.391 e. The van der Waals surface area contributed by atoms with Crippen molar-refractivity contribution in [2.75, 3.05) is 5.75 Å². The summed E-state index contributed by atoms with van der Waals surface area (Å²) in [6, 6.07) is -0.463. The van der Waals surface area contributed by atoms with E-state index in [9.17, 15) is 19.7 Å². The van der Waals surface area contributed by atoms with Gasteiger partial charge in [0, 0.05) is 19.6 Å². The molecule has 1 fully saturated rings. The summed E-state index contributed by atoms with van der Waals surface area (Å²) >= 11 is 0.921. The highest BCUT2D eigenvalue weighted by atomic mass is 32.2. The molecule has 1 heterocycles. The molecule has 0 saturated carbocycles. The first-order valence-corrected chi connectivity index (χ1v) is 6.77. The van der Waals surface area contributed by atoms with Crippen molar-refractivity contribution in [2.24, 2.45) is 0 Å². The Labute approximate surface area is 114 Å². The number of rotatable bonds is 4. The zero-order valence-corrected chi connectivity index (χ0v) is 11.8. The second-order valence-corrected chi connectivity index (χ2v) is 5.21. The molecule has 1 saturated heterocycles. The lowest BCUT2D eigenvalue weighted by atomic mass is 10.1. The van der Waals surface area contributed by atoms with Crippen LogP contribution in [0.15, 0.2) is 0 Å². The number of carbonyl (C=O) groups is 2. The molecule has 19 heavy (non-hydrogen) atoms. The average Bonchev–Trinajstić information content (AvgIpc) is 2.25. The number of nitrogens with zero attached hydrogens (tertiary/aromatic N) is 2. The topological polar surface area (TPSA) is 99.0 Å². The van der Waals surface area contributed by atoms with Crippen LogP contribution in [0.25, 0.3) is 0 Å². The standard InChI is InChI=1S/C10H16N2O6S/c1-4-9-5-6-19-10(17-7(2)13,18-8(3)14)11(9)12(15)16/h9H,4-6H2,1-3H3. The van der Waals surface area contributed by atoms with Gasteiger partial charge in [0.25, 0.3) is 0 Å². The van der Waals surface area contributed by atoms with Crippen LogP contribution in [-0.4, -0.2) is 39.0 Å². The average molecular weight is 292 g/mol. The summed E-state index contributed by atoms with van der Waals surface area (Å²) < 4.78 is 9.92. The Hall–Kier alpha value is -1.51. The van der Waals surface area contributed by atoms with Crippen molar-refractivity contribution in [3.63, 3.8) is 0 Å². The van der Waals surface area contributed by atoms with E-state index in [4.69, 9.17) is 9.47 Å². The minimum atomic E-state index is -2.01. The van der Waals surface area contributed by atoms with E-state index in [1.165, 1.54) is 0 Å². The number of thioether (sulfide) groups is 1. The molecule has 1 unspecified atom stereocenters. The maximum atomic E-state index is 11.2. The molecule has 0 spiro atoms. The summed E-state index contributed by atoms with van der Waals surface area (Å²) in [5, 5.41) is 9.25. The fourth-order valence-corrected chi connectivity index (χ4v) is 3.23. The van der Waals surface area contributed by atoms with Gasteiger partial charge >= 0.3 is 17.2 Å². The summed E-state index contributed by atoms with van der Waals surface area (Å²) in [6.07, 6.45) is 1.03. The van der Waals surface area contributed by atoms with E-state index in [2.05, 4.69) is 0 Å². The maximum absolute atomic E-state index is 11.2. The summed E-state index contributed by atoms with van der Waals surface area (Å²) in [5.74, 6) is -1.02. The van der Waals surface area contributed by atoms with E-state index in [0.717, 1.165) is 25.6 Å². The summed E-state index contributed by atoms with van der Waals surface area (Å²) in [4.78, 5) is 33.6. The molecule has 1 aliphatic heterocycles. The van der Waals surface area contributed by atoms with Crippen molar-refractivity contribution in [3.8, 4) is 0 Å². The Balaban J connectivity index is 3.17. The van der Waals surface area contributed by atoms with Crippen LogP contribution >= 0.6 is 11.8 Å². The molecule has 0 aromatic heterocycles. The Morgan fingerprint density at radius 2 is 1.95 bits per heavy atom. The van der Waals surface area contributed by atoms with Crippen molar-refractivity contribution in [1.29, 1.82) is 0 Å². The van der Waals surface area contributed by atoms with Crippen LogP contribution in [-0.2, 0) is 19.1 Å². The lowest BCUT2D eigenvalue weighted by Gasteiger charge is -2.40. The quantitative estimate of drug-likeness (QED) is 0.329. The molecule has 1 aliphatic rings.